The van der Waals surface area contributed by atoms with Crippen molar-refractivity contribution in [2.45, 2.75) is 49.2 Å². The number of benzene rings is 2. The van der Waals surface area contributed by atoms with Gasteiger partial charge in [-0.25, -0.2) is 18.4 Å². The molecule has 5 rings (SSSR count). The number of anilines is 2. The molecular weight excluding hydrogens is 544 g/mol. The van der Waals surface area contributed by atoms with Gasteiger partial charge in [0, 0.05) is 49.3 Å². The summed E-state index contributed by atoms with van der Waals surface area (Å²) in [6.07, 6.45) is 5.27. The van der Waals surface area contributed by atoms with Crippen LogP contribution >= 0.6 is 0 Å². The Hall–Kier alpha value is -4.03. The lowest BCUT2D eigenvalue weighted by atomic mass is 10.0. The lowest BCUT2D eigenvalue weighted by Crippen LogP contribution is -2.52. The third kappa shape index (κ3) is 7.59. The number of carbonyl (C=O) groups is 2. The highest BCUT2D eigenvalue weighted by atomic mass is 32.2. The minimum absolute atomic E-state index is 0.00817. The standard InChI is InChI=1S/C29H34N6O5S/c36-27(37)19-26(33-41(39,40)25-5-2-1-3-6-25)35(20-21-7-8-21)28(38)22-9-11-24(12-10-22)34-17-13-23(14-18-34)32-29-30-15-4-16-31-29/h1-6,9-12,15-16,21,23,26,33H,7-8,13-14,17-20H2,(H,36,37)(H,30,31,32)/t26-/m1/s1. The molecule has 3 aromatic rings. The van der Waals surface area contributed by atoms with E-state index >= 15 is 0 Å². The van der Waals surface area contributed by atoms with Gasteiger partial charge >= 0.3 is 5.97 Å². The fourth-order valence-electron chi connectivity index (χ4n) is 4.98. The van der Waals surface area contributed by atoms with Gasteiger partial charge in [-0.3, -0.25) is 9.59 Å². The van der Waals surface area contributed by atoms with Gasteiger partial charge in [0.25, 0.3) is 5.91 Å². The van der Waals surface area contributed by atoms with Crippen molar-refractivity contribution >= 4 is 33.5 Å². The van der Waals surface area contributed by atoms with E-state index in [0.29, 0.717) is 11.5 Å². The quantitative estimate of drug-likeness (QED) is 0.276. The number of carbonyl (C=O) groups excluding carboxylic acids is 1. The Kier molecular flexibility index (Phi) is 8.79. The minimum atomic E-state index is -4.05. The van der Waals surface area contributed by atoms with Gasteiger partial charge in [0.1, 0.15) is 6.17 Å². The van der Waals surface area contributed by atoms with Crippen molar-refractivity contribution in [2.75, 3.05) is 29.9 Å². The molecule has 0 spiro atoms. The molecule has 0 unspecified atom stereocenters. The molecule has 2 heterocycles. The maximum atomic E-state index is 13.7. The summed E-state index contributed by atoms with van der Waals surface area (Å²) in [7, 11) is -4.05. The second-order valence-corrected chi connectivity index (χ2v) is 12.2. The average Bonchev–Trinajstić information content (AvgIpc) is 3.81. The molecule has 12 heteroatoms. The summed E-state index contributed by atoms with van der Waals surface area (Å²) in [5.41, 5.74) is 1.36. The number of hydrogen-bond donors (Lipinski definition) is 3. The molecule has 1 atom stereocenters. The predicted molar refractivity (Wildman–Crippen MR) is 154 cm³/mol. The first-order valence-electron chi connectivity index (χ1n) is 13.8. The Balaban J connectivity index is 1.28. The molecule has 2 aliphatic rings. The second kappa shape index (κ2) is 12.6. The van der Waals surface area contributed by atoms with E-state index in [-0.39, 0.29) is 23.4 Å². The zero-order valence-electron chi connectivity index (χ0n) is 22.6. The fraction of sp³-hybridized carbons (Fsp3) is 0.379. The van der Waals surface area contributed by atoms with E-state index in [9.17, 15) is 23.1 Å². The third-order valence-corrected chi connectivity index (χ3v) is 8.85. The van der Waals surface area contributed by atoms with Crippen LogP contribution in [0.25, 0.3) is 0 Å². The number of carboxylic acids is 1. The Morgan fingerprint density at radius 1 is 0.951 bits per heavy atom. The van der Waals surface area contributed by atoms with E-state index in [4.69, 9.17) is 0 Å². The molecule has 1 aliphatic carbocycles. The Bertz CT molecular complexity index is 1430. The zero-order valence-corrected chi connectivity index (χ0v) is 23.4. The van der Waals surface area contributed by atoms with E-state index in [1.807, 2.05) is 12.1 Å². The van der Waals surface area contributed by atoms with E-state index in [2.05, 4.69) is 24.9 Å². The first kappa shape index (κ1) is 28.5. The number of nitrogens with one attached hydrogen (secondary N) is 2. The zero-order chi connectivity index (χ0) is 28.8. The summed E-state index contributed by atoms with van der Waals surface area (Å²) >= 11 is 0. The van der Waals surface area contributed by atoms with Crippen molar-refractivity contribution < 1.29 is 23.1 Å². The maximum Gasteiger partial charge on any atom is 0.306 e. The topological polar surface area (TPSA) is 145 Å². The van der Waals surface area contributed by atoms with E-state index in [0.717, 1.165) is 44.5 Å². The SMILES string of the molecule is O=C(O)C[C@H](NS(=O)(=O)c1ccccc1)N(CC1CC1)C(=O)c1ccc(N2CCC(Nc3ncccn3)CC2)cc1. The van der Waals surface area contributed by atoms with Crippen LogP contribution in [0.3, 0.4) is 0 Å². The van der Waals surface area contributed by atoms with Gasteiger partial charge in [-0.1, -0.05) is 18.2 Å². The molecule has 1 saturated carbocycles. The second-order valence-electron chi connectivity index (χ2n) is 10.5. The van der Waals surface area contributed by atoms with E-state index in [1.54, 1.807) is 48.8 Å². The van der Waals surface area contributed by atoms with Gasteiger partial charge in [-0.15, -0.1) is 0 Å². The maximum absolute atomic E-state index is 13.7. The summed E-state index contributed by atoms with van der Waals surface area (Å²) in [5, 5.41) is 13.0. The molecule has 3 N–H and O–H groups in total. The van der Waals surface area contributed by atoms with Crippen molar-refractivity contribution in [2.24, 2.45) is 5.92 Å². The summed E-state index contributed by atoms with van der Waals surface area (Å²) < 4.78 is 28.6. The molecule has 2 aromatic carbocycles. The molecule has 41 heavy (non-hydrogen) atoms. The molecule has 216 valence electrons. The van der Waals surface area contributed by atoms with Crippen LogP contribution in [0.2, 0.25) is 0 Å². The first-order chi connectivity index (χ1) is 19.8. The Morgan fingerprint density at radius 2 is 1.61 bits per heavy atom. The molecule has 1 aromatic heterocycles. The van der Waals surface area contributed by atoms with Gasteiger partial charge in [-0.05, 0) is 74.1 Å². The van der Waals surface area contributed by atoms with Crippen LogP contribution in [-0.4, -0.2) is 72.1 Å². The molecule has 1 amide bonds. The van der Waals surface area contributed by atoms with Gasteiger partial charge in [-0.2, -0.15) is 4.72 Å². The monoisotopic (exact) mass is 578 g/mol. The number of nitrogens with zero attached hydrogens (tertiary/aromatic N) is 4. The highest BCUT2D eigenvalue weighted by Gasteiger charge is 2.35. The predicted octanol–water partition coefficient (Wildman–Crippen LogP) is 3.19. The molecule has 0 bridgehead atoms. The number of hydrogen-bond acceptors (Lipinski definition) is 8. The lowest BCUT2D eigenvalue weighted by Gasteiger charge is -2.34. The van der Waals surface area contributed by atoms with Crippen LogP contribution in [0, 0.1) is 5.92 Å². The number of sulfonamides is 1. The lowest BCUT2D eigenvalue weighted by molar-refractivity contribution is -0.138. The normalized spacial score (nSPS) is 16.6. The van der Waals surface area contributed by atoms with Crippen LogP contribution in [0.5, 0.6) is 0 Å². The Labute approximate surface area is 239 Å². The fourth-order valence-corrected chi connectivity index (χ4v) is 6.20. The van der Waals surface area contributed by atoms with Gasteiger partial charge in [0.2, 0.25) is 16.0 Å². The molecule has 1 aliphatic heterocycles. The smallest absolute Gasteiger partial charge is 0.306 e. The molecule has 11 nitrogen and oxygen atoms in total. The van der Waals surface area contributed by atoms with Crippen LogP contribution in [0.15, 0.2) is 78.0 Å². The van der Waals surface area contributed by atoms with Crippen molar-refractivity contribution in [1.29, 1.82) is 0 Å². The van der Waals surface area contributed by atoms with Gasteiger partial charge in [0.15, 0.2) is 0 Å². The average molecular weight is 579 g/mol. The number of rotatable bonds is 12. The molecular formula is C29H34N6O5S. The van der Waals surface area contributed by atoms with Crippen molar-refractivity contribution in [3.8, 4) is 0 Å². The number of aliphatic carboxylic acids is 1. The number of carboxylic acid groups (broad SMARTS) is 1. The van der Waals surface area contributed by atoms with Crippen molar-refractivity contribution in [3.05, 3.63) is 78.6 Å². The van der Waals surface area contributed by atoms with E-state index in [1.165, 1.54) is 17.0 Å². The van der Waals surface area contributed by atoms with Crippen LogP contribution in [0.4, 0.5) is 11.6 Å². The van der Waals surface area contributed by atoms with Gasteiger partial charge in [0.05, 0.1) is 11.3 Å². The number of amides is 1. The highest BCUT2D eigenvalue weighted by Crippen LogP contribution is 2.31. The molecule has 1 saturated heterocycles. The highest BCUT2D eigenvalue weighted by molar-refractivity contribution is 7.89. The van der Waals surface area contributed by atoms with Crippen LogP contribution in [0.1, 0.15) is 42.5 Å². The summed E-state index contributed by atoms with van der Waals surface area (Å²) in [6.45, 7) is 1.93. The van der Waals surface area contributed by atoms with Crippen LogP contribution in [-0.2, 0) is 14.8 Å². The minimum Gasteiger partial charge on any atom is -0.481 e. The number of aromatic nitrogens is 2. The third-order valence-electron chi connectivity index (χ3n) is 7.37. The summed E-state index contributed by atoms with van der Waals surface area (Å²) in [5.74, 6) is -0.772. The van der Waals surface area contributed by atoms with Gasteiger partial charge < -0.3 is 20.2 Å². The van der Waals surface area contributed by atoms with Crippen molar-refractivity contribution in [1.82, 2.24) is 19.6 Å². The Morgan fingerprint density at radius 3 is 2.22 bits per heavy atom. The number of piperidine rings is 1. The molecule has 2 fully saturated rings. The van der Waals surface area contributed by atoms with Crippen LogP contribution < -0.4 is 14.9 Å². The van der Waals surface area contributed by atoms with E-state index < -0.39 is 34.5 Å². The summed E-state index contributed by atoms with van der Waals surface area (Å²) in [4.78, 5) is 37.6. The molecule has 0 radical (unpaired) electrons. The largest absolute Gasteiger partial charge is 0.481 e. The first-order valence-corrected chi connectivity index (χ1v) is 15.3. The van der Waals surface area contributed by atoms with Crippen molar-refractivity contribution in [3.63, 3.8) is 0 Å². The summed E-state index contributed by atoms with van der Waals surface area (Å²) in [6, 6.07) is 17.0.